The van der Waals surface area contributed by atoms with Gasteiger partial charge in [0, 0.05) is 30.1 Å². The Balaban J connectivity index is 1.77. The Hall–Kier alpha value is -2.69. The summed E-state index contributed by atoms with van der Waals surface area (Å²) in [4.78, 5) is 17.9. The number of H-pyrrole nitrogens is 1. The maximum atomic E-state index is 4.46. The average Bonchev–Trinajstić information content (AvgIpc) is 2.90. The lowest BCUT2D eigenvalue weighted by Crippen LogP contribution is -2.20. The number of imidazole rings is 1. The van der Waals surface area contributed by atoms with E-state index in [0.29, 0.717) is 5.65 Å². The summed E-state index contributed by atoms with van der Waals surface area (Å²) >= 11 is 0. The Labute approximate surface area is 109 Å². The van der Waals surface area contributed by atoms with Crippen LogP contribution in [0.15, 0.2) is 48.7 Å². The van der Waals surface area contributed by atoms with E-state index in [1.54, 1.807) is 6.20 Å². The standard InChI is InChI=1S/C14H10N5/c1-2-5-19-6-4-10(7-11(19)3-1)13-17-12-8-15-9-16-14(12)18-13/h1-5,8-9H,6H2,(H,15,16,17,18). The van der Waals surface area contributed by atoms with Crippen molar-refractivity contribution < 1.29 is 0 Å². The average molecular weight is 248 g/mol. The van der Waals surface area contributed by atoms with Crippen LogP contribution in [0, 0.1) is 6.08 Å². The van der Waals surface area contributed by atoms with Gasteiger partial charge in [-0.25, -0.2) is 15.0 Å². The number of aromatic nitrogens is 4. The van der Waals surface area contributed by atoms with Crippen molar-refractivity contribution in [1.82, 2.24) is 24.8 Å². The van der Waals surface area contributed by atoms with Crippen LogP contribution < -0.4 is 0 Å². The Kier molecular flexibility index (Phi) is 2.11. The minimum absolute atomic E-state index is 0.680. The predicted octanol–water partition coefficient (Wildman–Crippen LogP) is 1.82. The van der Waals surface area contributed by atoms with Crippen LogP contribution in [0.25, 0.3) is 16.7 Å². The number of nitrogens with zero attached hydrogens (tertiary/aromatic N) is 4. The van der Waals surface area contributed by atoms with Crippen molar-refractivity contribution in [3.8, 4) is 0 Å². The molecule has 0 spiro atoms. The molecule has 19 heavy (non-hydrogen) atoms. The molecule has 0 aliphatic carbocycles. The smallest absolute Gasteiger partial charge is 0.181 e. The molecule has 2 aromatic rings. The van der Waals surface area contributed by atoms with Gasteiger partial charge in [-0.15, -0.1) is 0 Å². The molecule has 0 fully saturated rings. The van der Waals surface area contributed by atoms with Gasteiger partial charge in [-0.1, -0.05) is 12.2 Å². The molecule has 1 N–H and O–H groups in total. The predicted molar refractivity (Wildman–Crippen MR) is 71.4 cm³/mol. The summed E-state index contributed by atoms with van der Waals surface area (Å²) < 4.78 is 0. The number of allylic oxidation sites excluding steroid dienone is 5. The number of hydrogen-bond acceptors (Lipinski definition) is 4. The van der Waals surface area contributed by atoms with Crippen molar-refractivity contribution in [1.29, 1.82) is 0 Å². The molecule has 4 rings (SSSR count). The lowest BCUT2D eigenvalue weighted by Gasteiger charge is -2.25. The summed E-state index contributed by atoms with van der Waals surface area (Å²) in [5.74, 6) is 0.783. The Morgan fingerprint density at radius 3 is 3.26 bits per heavy atom. The van der Waals surface area contributed by atoms with E-state index < -0.39 is 0 Å². The van der Waals surface area contributed by atoms with Crippen LogP contribution >= 0.6 is 0 Å². The van der Waals surface area contributed by atoms with Gasteiger partial charge in [0.05, 0.1) is 6.20 Å². The summed E-state index contributed by atoms with van der Waals surface area (Å²) in [5.41, 5.74) is 3.53. The first-order chi connectivity index (χ1) is 9.40. The maximum Gasteiger partial charge on any atom is 0.181 e. The number of hydrogen-bond donors (Lipinski definition) is 1. The van der Waals surface area contributed by atoms with Gasteiger partial charge in [0.2, 0.25) is 0 Å². The van der Waals surface area contributed by atoms with Crippen molar-refractivity contribution in [2.75, 3.05) is 6.54 Å². The molecular formula is C14H10N5. The maximum absolute atomic E-state index is 4.46. The van der Waals surface area contributed by atoms with Crippen LogP contribution in [0.5, 0.6) is 0 Å². The quantitative estimate of drug-likeness (QED) is 0.836. The molecule has 91 valence electrons. The van der Waals surface area contributed by atoms with E-state index >= 15 is 0 Å². The van der Waals surface area contributed by atoms with Crippen LogP contribution in [-0.2, 0) is 0 Å². The summed E-state index contributed by atoms with van der Waals surface area (Å²) in [5, 5.41) is 0. The normalized spacial score (nSPS) is 17.4. The molecule has 2 aliphatic rings. The molecule has 0 bridgehead atoms. The monoisotopic (exact) mass is 248 g/mol. The largest absolute Gasteiger partial charge is 0.344 e. The first kappa shape index (κ1) is 10.3. The minimum atomic E-state index is 0.680. The molecule has 1 radical (unpaired) electrons. The second-order valence-corrected chi connectivity index (χ2v) is 4.33. The lowest BCUT2D eigenvalue weighted by molar-refractivity contribution is 0.522. The van der Waals surface area contributed by atoms with Gasteiger partial charge in [0.1, 0.15) is 17.7 Å². The van der Waals surface area contributed by atoms with E-state index in [2.05, 4.69) is 37.0 Å². The molecule has 0 unspecified atom stereocenters. The summed E-state index contributed by atoms with van der Waals surface area (Å²) in [6.07, 6.45) is 16.8. The van der Waals surface area contributed by atoms with Crippen molar-refractivity contribution >= 4 is 16.7 Å². The van der Waals surface area contributed by atoms with Crippen molar-refractivity contribution in [3.05, 3.63) is 60.6 Å². The van der Waals surface area contributed by atoms with Crippen molar-refractivity contribution in [3.63, 3.8) is 0 Å². The highest BCUT2D eigenvalue weighted by molar-refractivity contribution is 5.77. The van der Waals surface area contributed by atoms with Gasteiger partial charge in [-0.2, -0.15) is 0 Å². The third-order valence-corrected chi connectivity index (χ3v) is 3.11. The third kappa shape index (κ3) is 1.67. The molecule has 0 aromatic carbocycles. The first-order valence-electron chi connectivity index (χ1n) is 6.02. The highest BCUT2D eigenvalue weighted by atomic mass is 15.1. The fraction of sp³-hybridized carbons (Fsp3) is 0.0714. The van der Waals surface area contributed by atoms with Crippen LogP contribution in [0.3, 0.4) is 0 Å². The zero-order valence-corrected chi connectivity index (χ0v) is 10.0. The van der Waals surface area contributed by atoms with Gasteiger partial charge < -0.3 is 9.88 Å². The lowest BCUT2D eigenvalue weighted by atomic mass is 10.1. The van der Waals surface area contributed by atoms with Crippen LogP contribution in [0.2, 0.25) is 0 Å². The zero-order valence-electron chi connectivity index (χ0n) is 10.0. The molecule has 2 aromatic heterocycles. The molecule has 4 heterocycles. The number of aromatic amines is 1. The minimum Gasteiger partial charge on any atom is -0.344 e. The molecule has 5 heteroatoms. The molecule has 0 saturated heterocycles. The number of fused-ring (bicyclic) bond motifs is 2. The van der Waals surface area contributed by atoms with Gasteiger partial charge in [0.25, 0.3) is 0 Å². The van der Waals surface area contributed by atoms with E-state index in [1.807, 2.05) is 24.4 Å². The topological polar surface area (TPSA) is 57.7 Å². The van der Waals surface area contributed by atoms with E-state index in [1.165, 1.54) is 6.33 Å². The van der Waals surface area contributed by atoms with Crippen LogP contribution in [0.1, 0.15) is 5.82 Å². The fourth-order valence-electron chi connectivity index (χ4n) is 2.17. The van der Waals surface area contributed by atoms with Gasteiger partial charge in [-0.3, -0.25) is 0 Å². The Bertz CT molecular complexity index is 730. The van der Waals surface area contributed by atoms with Gasteiger partial charge in [0.15, 0.2) is 5.65 Å². The Morgan fingerprint density at radius 1 is 1.32 bits per heavy atom. The van der Waals surface area contributed by atoms with Gasteiger partial charge >= 0.3 is 0 Å². The molecule has 0 amide bonds. The highest BCUT2D eigenvalue weighted by Gasteiger charge is 2.15. The van der Waals surface area contributed by atoms with Crippen LogP contribution in [0.4, 0.5) is 0 Å². The second kappa shape index (κ2) is 3.91. The van der Waals surface area contributed by atoms with Crippen molar-refractivity contribution in [2.24, 2.45) is 0 Å². The highest BCUT2D eigenvalue weighted by Crippen LogP contribution is 2.24. The molecular weight excluding hydrogens is 238 g/mol. The first-order valence-corrected chi connectivity index (χ1v) is 6.02. The van der Waals surface area contributed by atoms with Gasteiger partial charge in [-0.05, 0) is 12.2 Å². The number of nitrogens with one attached hydrogen (secondary N) is 1. The van der Waals surface area contributed by atoms with Crippen LogP contribution in [-0.4, -0.2) is 31.4 Å². The summed E-state index contributed by atoms with van der Waals surface area (Å²) in [7, 11) is 0. The molecule has 5 nitrogen and oxygen atoms in total. The summed E-state index contributed by atoms with van der Waals surface area (Å²) in [6.45, 7) is 0.821. The summed E-state index contributed by atoms with van der Waals surface area (Å²) in [6, 6.07) is 0. The van der Waals surface area contributed by atoms with E-state index in [0.717, 1.165) is 29.2 Å². The van der Waals surface area contributed by atoms with E-state index in [-0.39, 0.29) is 0 Å². The Morgan fingerprint density at radius 2 is 2.32 bits per heavy atom. The van der Waals surface area contributed by atoms with E-state index in [4.69, 9.17) is 0 Å². The zero-order chi connectivity index (χ0) is 12.7. The fourth-order valence-corrected chi connectivity index (χ4v) is 2.17. The SMILES string of the molecule is [C]1=C2C=CC=CN2CC=C1c1nc2ncncc2[nH]1. The molecule has 0 saturated carbocycles. The molecule has 2 aliphatic heterocycles. The third-order valence-electron chi connectivity index (χ3n) is 3.11. The number of rotatable bonds is 1. The van der Waals surface area contributed by atoms with Crippen molar-refractivity contribution in [2.45, 2.75) is 0 Å². The molecule has 0 atom stereocenters. The van der Waals surface area contributed by atoms with E-state index in [9.17, 15) is 0 Å². The second-order valence-electron chi connectivity index (χ2n) is 4.33.